The molecular weight excluding hydrogens is 94.9 g/mol. The molecule has 0 saturated heterocycles. The van der Waals surface area contributed by atoms with Crippen LogP contribution in [-0.4, -0.2) is 7.85 Å². The summed E-state index contributed by atoms with van der Waals surface area (Å²) in [5, 5.41) is 0. The normalized spacial score (nSPS) is 11.9. The Kier molecular flexibility index (Phi) is 3.19. The van der Waals surface area contributed by atoms with Crippen molar-refractivity contribution in [3.8, 4) is 0 Å². The van der Waals surface area contributed by atoms with Crippen LogP contribution in [0.15, 0.2) is 0 Å². The van der Waals surface area contributed by atoms with E-state index in [9.17, 15) is 0 Å². The topological polar surface area (TPSA) is 0 Å². The molecule has 0 aromatic rings. The van der Waals surface area contributed by atoms with Crippen molar-refractivity contribution in [3.05, 3.63) is 0 Å². The molecule has 0 bridgehead atoms. The van der Waals surface area contributed by atoms with Crippen molar-refractivity contribution in [2.24, 2.45) is 5.41 Å². The summed E-state index contributed by atoms with van der Waals surface area (Å²) in [6.45, 7) is 6.91. The van der Waals surface area contributed by atoms with E-state index in [1.54, 1.807) is 0 Å². The zero-order chi connectivity index (χ0) is 6.62. The highest BCUT2D eigenvalue weighted by Gasteiger charge is 2.11. The van der Waals surface area contributed by atoms with Crippen LogP contribution < -0.4 is 0 Å². The molecule has 0 aromatic heterocycles. The van der Waals surface area contributed by atoms with Crippen molar-refractivity contribution in [1.29, 1.82) is 0 Å². The lowest BCUT2D eigenvalue weighted by Crippen LogP contribution is -2.08. The van der Waals surface area contributed by atoms with Gasteiger partial charge in [-0.3, -0.25) is 0 Å². The average Bonchev–Trinajstić information content (AvgIpc) is 1.67. The lowest BCUT2D eigenvalue weighted by atomic mass is 9.76. The maximum absolute atomic E-state index is 2.33. The fourth-order valence-corrected chi connectivity index (χ4v) is 0.854. The van der Waals surface area contributed by atoms with Gasteiger partial charge in [-0.05, 0) is 11.8 Å². The summed E-state index contributed by atoms with van der Waals surface area (Å²) < 4.78 is 0. The van der Waals surface area contributed by atoms with Crippen molar-refractivity contribution in [2.75, 3.05) is 0 Å². The Hall–Kier alpha value is 0.0649. The van der Waals surface area contributed by atoms with Gasteiger partial charge < -0.3 is 0 Å². The third-order valence-corrected chi connectivity index (χ3v) is 1.88. The van der Waals surface area contributed by atoms with Gasteiger partial charge in [0.2, 0.25) is 0 Å². The van der Waals surface area contributed by atoms with Crippen molar-refractivity contribution < 1.29 is 0 Å². The van der Waals surface area contributed by atoms with Gasteiger partial charge in [-0.15, -0.1) is 0 Å². The van der Waals surface area contributed by atoms with Crippen molar-refractivity contribution in [3.63, 3.8) is 0 Å². The van der Waals surface area contributed by atoms with Gasteiger partial charge in [0.15, 0.2) is 0 Å². The predicted molar refractivity (Wildman–Crippen MR) is 42.0 cm³/mol. The van der Waals surface area contributed by atoms with E-state index < -0.39 is 0 Å². The second kappa shape index (κ2) is 3.16. The number of hydrogen-bond acceptors (Lipinski definition) is 0. The van der Waals surface area contributed by atoms with Gasteiger partial charge in [0, 0.05) is 0 Å². The summed E-state index contributed by atoms with van der Waals surface area (Å²) in [7, 11) is 2.26. The van der Waals surface area contributed by atoms with Gasteiger partial charge >= 0.3 is 0 Å². The molecule has 0 aliphatic carbocycles. The molecule has 0 rings (SSSR count). The summed E-state index contributed by atoms with van der Waals surface area (Å²) in [5.41, 5.74) is 0.592. The molecule has 0 amide bonds. The highest BCUT2D eigenvalue weighted by molar-refractivity contribution is 6.08. The lowest BCUT2D eigenvalue weighted by Gasteiger charge is -2.20. The third kappa shape index (κ3) is 3.12. The minimum absolute atomic E-state index is 0.592. The first-order valence-corrected chi connectivity index (χ1v) is 3.62. The molecule has 0 aliphatic rings. The van der Waals surface area contributed by atoms with E-state index in [0.717, 1.165) is 0 Å². The lowest BCUT2D eigenvalue weighted by molar-refractivity contribution is 0.373. The second-order valence-electron chi connectivity index (χ2n) is 3.27. The molecule has 0 atom stereocenters. The Morgan fingerprint density at radius 2 is 1.88 bits per heavy atom. The molecular formula is C7H17B. The first-order valence-electron chi connectivity index (χ1n) is 3.62. The summed E-state index contributed by atoms with van der Waals surface area (Å²) in [5.74, 6) is 0. The summed E-state index contributed by atoms with van der Waals surface area (Å²) in [4.78, 5) is 0. The molecule has 0 aromatic carbocycles. The first-order chi connectivity index (χ1) is 3.62. The van der Waals surface area contributed by atoms with Gasteiger partial charge in [0.05, 0.1) is 0 Å². The maximum atomic E-state index is 2.33. The third-order valence-electron chi connectivity index (χ3n) is 1.88. The van der Waals surface area contributed by atoms with Crippen molar-refractivity contribution in [1.82, 2.24) is 0 Å². The molecule has 0 spiro atoms. The van der Waals surface area contributed by atoms with Crippen LogP contribution >= 0.6 is 0 Å². The zero-order valence-electron chi connectivity index (χ0n) is 6.62. The molecule has 1 heteroatoms. The Labute approximate surface area is 54.1 Å². The van der Waals surface area contributed by atoms with Gasteiger partial charge in [-0.2, -0.15) is 0 Å². The van der Waals surface area contributed by atoms with Crippen molar-refractivity contribution in [2.45, 2.75) is 39.9 Å². The predicted octanol–water partition coefficient (Wildman–Crippen LogP) is 1.86. The van der Waals surface area contributed by atoms with E-state index in [4.69, 9.17) is 0 Å². The van der Waals surface area contributed by atoms with E-state index >= 15 is 0 Å². The van der Waals surface area contributed by atoms with Gasteiger partial charge in [-0.1, -0.05) is 33.5 Å². The number of hydrogen-bond donors (Lipinski definition) is 0. The van der Waals surface area contributed by atoms with Crippen LogP contribution in [-0.2, 0) is 0 Å². The number of rotatable bonds is 3. The largest absolute Gasteiger partial charge is 0.102 e. The molecule has 0 unspecified atom stereocenters. The van der Waals surface area contributed by atoms with Crippen LogP contribution in [0.3, 0.4) is 0 Å². The summed E-state index contributed by atoms with van der Waals surface area (Å²) in [6.07, 6.45) is 3.99. The Morgan fingerprint density at radius 3 is 2.00 bits per heavy atom. The van der Waals surface area contributed by atoms with E-state index in [1.807, 2.05) is 0 Å². The molecule has 0 N–H and O–H groups in total. The summed E-state index contributed by atoms with van der Waals surface area (Å²) in [6, 6.07) is 0. The minimum atomic E-state index is 0.592. The van der Waals surface area contributed by atoms with Crippen LogP contribution in [0.25, 0.3) is 0 Å². The quantitative estimate of drug-likeness (QED) is 0.489. The van der Waals surface area contributed by atoms with Crippen LogP contribution in [0.4, 0.5) is 0 Å². The summed E-state index contributed by atoms with van der Waals surface area (Å²) >= 11 is 0. The highest BCUT2D eigenvalue weighted by atomic mass is 14.1. The van der Waals surface area contributed by atoms with Crippen LogP contribution in [0, 0.1) is 5.41 Å². The van der Waals surface area contributed by atoms with Gasteiger partial charge in [0.1, 0.15) is 7.85 Å². The first kappa shape index (κ1) is 8.06. The molecule has 0 saturated carbocycles. The van der Waals surface area contributed by atoms with E-state index in [1.165, 1.54) is 19.2 Å². The SMILES string of the molecule is BCC(C)(C)CCC. The fraction of sp³-hybridized carbons (Fsp3) is 1.00. The molecule has 48 valence electrons. The fourth-order valence-electron chi connectivity index (χ4n) is 0.854. The Morgan fingerprint density at radius 1 is 1.38 bits per heavy atom. The Bertz CT molecular complexity index is 57.4. The standard InChI is InChI=1S/C7H17B/c1-4-5-7(2,3)6-8/h4-6,8H2,1-3H3. The van der Waals surface area contributed by atoms with Gasteiger partial charge in [-0.25, -0.2) is 0 Å². The second-order valence-corrected chi connectivity index (χ2v) is 3.27. The van der Waals surface area contributed by atoms with Gasteiger partial charge in [0.25, 0.3) is 0 Å². The highest BCUT2D eigenvalue weighted by Crippen LogP contribution is 2.24. The Balaban J connectivity index is 3.37. The minimum Gasteiger partial charge on any atom is -0.0760 e. The van der Waals surface area contributed by atoms with E-state index in [0.29, 0.717) is 5.41 Å². The molecule has 0 fully saturated rings. The maximum Gasteiger partial charge on any atom is 0.102 e. The van der Waals surface area contributed by atoms with E-state index in [-0.39, 0.29) is 0 Å². The molecule has 0 radical (unpaired) electrons. The zero-order valence-corrected chi connectivity index (χ0v) is 6.62. The molecule has 0 aliphatic heterocycles. The smallest absolute Gasteiger partial charge is 0.0760 e. The molecule has 0 nitrogen and oxygen atoms in total. The van der Waals surface area contributed by atoms with Crippen molar-refractivity contribution >= 4 is 7.85 Å². The monoisotopic (exact) mass is 112 g/mol. The average molecular weight is 112 g/mol. The van der Waals surface area contributed by atoms with E-state index in [2.05, 4.69) is 28.6 Å². The van der Waals surface area contributed by atoms with Crippen LogP contribution in [0.1, 0.15) is 33.6 Å². The van der Waals surface area contributed by atoms with Crippen LogP contribution in [0.2, 0.25) is 6.32 Å². The molecule has 0 heterocycles. The van der Waals surface area contributed by atoms with Crippen LogP contribution in [0.5, 0.6) is 0 Å². The molecule has 8 heavy (non-hydrogen) atoms.